The number of para-hydroxylation sites is 1. The zero-order chi connectivity index (χ0) is 26.9. The number of rotatable bonds is 5. The molecule has 1 aliphatic carbocycles. The standard InChI is InChI=1S/C30H27N3O5S/c1-2-38-28(36)22-17-11-8-14-21(17)39-27(22)33-25(34)23-20(15-16-9-4-3-5-10-16)32-30(24(23)26(33)35)18-12-6-7-13-19(18)31-29(30)37/h3-7,9-10,12-13,20,23-24,32H,2,8,11,14-15H2,1H3,(H,31,37)/t20-,23-,24+,30-/m1/s1. The molecule has 0 bridgehead atoms. The Hall–Kier alpha value is -3.82. The number of nitrogens with one attached hydrogen (secondary N) is 2. The SMILES string of the molecule is CCOC(=O)c1c(N2C(=O)[C@H]3[C@@H](C2=O)[C@@]2(N[C@@H]3Cc3ccccc3)C(=O)Nc3ccccc32)sc2c1CCC2. The third kappa shape index (κ3) is 3.32. The molecule has 0 radical (unpaired) electrons. The fraction of sp³-hybridized carbons (Fsp3) is 0.333. The highest BCUT2D eigenvalue weighted by Gasteiger charge is 2.71. The summed E-state index contributed by atoms with van der Waals surface area (Å²) in [6, 6.07) is 16.6. The number of hydrogen-bond donors (Lipinski definition) is 2. The summed E-state index contributed by atoms with van der Waals surface area (Å²) < 4.78 is 5.38. The number of carbonyl (C=O) groups is 4. The van der Waals surface area contributed by atoms with Crippen LogP contribution in [0.2, 0.25) is 0 Å². The molecule has 0 saturated carbocycles. The minimum absolute atomic E-state index is 0.194. The minimum Gasteiger partial charge on any atom is -0.462 e. The molecule has 3 aliphatic heterocycles. The Morgan fingerprint density at radius 3 is 2.62 bits per heavy atom. The van der Waals surface area contributed by atoms with Crippen molar-refractivity contribution in [2.24, 2.45) is 11.8 Å². The number of nitrogens with zero attached hydrogens (tertiary/aromatic N) is 1. The highest BCUT2D eigenvalue weighted by Crippen LogP contribution is 2.55. The third-order valence-electron chi connectivity index (χ3n) is 8.51. The van der Waals surface area contributed by atoms with Crippen molar-refractivity contribution in [2.45, 2.75) is 44.2 Å². The fourth-order valence-corrected chi connectivity index (χ4v) is 8.35. The van der Waals surface area contributed by atoms with Gasteiger partial charge in [0.15, 0.2) is 0 Å². The summed E-state index contributed by atoms with van der Waals surface area (Å²) in [6.07, 6.45) is 2.90. The van der Waals surface area contributed by atoms with Crippen LogP contribution in [-0.4, -0.2) is 36.3 Å². The van der Waals surface area contributed by atoms with Gasteiger partial charge in [-0.3, -0.25) is 19.7 Å². The number of benzene rings is 2. The molecule has 2 N–H and O–H groups in total. The number of aryl methyl sites for hydroxylation is 1. The second-order valence-corrected chi connectivity index (χ2v) is 11.6. The molecule has 4 heterocycles. The fourth-order valence-electron chi connectivity index (χ4n) is 6.96. The predicted molar refractivity (Wildman–Crippen MR) is 146 cm³/mol. The predicted octanol–water partition coefficient (Wildman–Crippen LogP) is 3.58. The monoisotopic (exact) mass is 541 g/mol. The van der Waals surface area contributed by atoms with Crippen LogP contribution in [0.1, 0.15) is 45.3 Å². The lowest BCUT2D eigenvalue weighted by molar-refractivity contribution is -0.130. The van der Waals surface area contributed by atoms with Gasteiger partial charge in [-0.2, -0.15) is 0 Å². The van der Waals surface area contributed by atoms with Crippen LogP contribution in [0.3, 0.4) is 0 Å². The maximum atomic E-state index is 14.4. The van der Waals surface area contributed by atoms with E-state index in [2.05, 4.69) is 10.6 Å². The number of ether oxygens (including phenoxy) is 1. The molecule has 3 amide bonds. The Kier molecular flexibility index (Phi) is 5.50. The molecular weight excluding hydrogens is 514 g/mol. The van der Waals surface area contributed by atoms with E-state index in [0.717, 1.165) is 28.8 Å². The van der Waals surface area contributed by atoms with Gasteiger partial charge >= 0.3 is 5.97 Å². The average Bonchev–Trinajstić information content (AvgIpc) is 3.70. The average molecular weight is 542 g/mol. The molecule has 8 nitrogen and oxygen atoms in total. The molecule has 2 saturated heterocycles. The van der Waals surface area contributed by atoms with E-state index < -0.39 is 35.3 Å². The molecule has 1 spiro atoms. The lowest BCUT2D eigenvalue weighted by Crippen LogP contribution is -2.53. The zero-order valence-corrected chi connectivity index (χ0v) is 22.2. The molecule has 7 rings (SSSR count). The molecule has 39 heavy (non-hydrogen) atoms. The molecule has 0 unspecified atom stereocenters. The first-order valence-electron chi connectivity index (χ1n) is 13.4. The quantitative estimate of drug-likeness (QED) is 0.378. The summed E-state index contributed by atoms with van der Waals surface area (Å²) in [4.78, 5) is 57.8. The van der Waals surface area contributed by atoms with Gasteiger partial charge in [-0.25, -0.2) is 9.69 Å². The summed E-state index contributed by atoms with van der Waals surface area (Å²) in [7, 11) is 0. The third-order valence-corrected chi connectivity index (χ3v) is 9.78. The highest BCUT2D eigenvalue weighted by molar-refractivity contribution is 7.17. The number of esters is 1. The van der Waals surface area contributed by atoms with Crippen LogP contribution in [-0.2, 0) is 43.9 Å². The Morgan fingerprint density at radius 2 is 1.82 bits per heavy atom. The number of hydrogen-bond acceptors (Lipinski definition) is 7. The van der Waals surface area contributed by atoms with Crippen molar-refractivity contribution in [1.29, 1.82) is 0 Å². The summed E-state index contributed by atoms with van der Waals surface area (Å²) >= 11 is 1.33. The van der Waals surface area contributed by atoms with E-state index in [1.807, 2.05) is 54.6 Å². The number of anilines is 2. The van der Waals surface area contributed by atoms with E-state index >= 15 is 0 Å². The molecule has 1 aromatic heterocycles. The molecular formula is C30H27N3O5S. The van der Waals surface area contributed by atoms with E-state index in [1.54, 1.807) is 6.92 Å². The Morgan fingerprint density at radius 1 is 1.05 bits per heavy atom. The second-order valence-electron chi connectivity index (χ2n) is 10.5. The first-order chi connectivity index (χ1) is 19.0. The summed E-state index contributed by atoms with van der Waals surface area (Å²) in [6.45, 7) is 1.93. The molecule has 4 aliphatic rings. The number of carbonyl (C=O) groups excluding carboxylic acids is 4. The molecule has 198 valence electrons. The number of thiophene rings is 1. The maximum Gasteiger partial charge on any atom is 0.341 e. The van der Waals surface area contributed by atoms with Crippen LogP contribution < -0.4 is 15.5 Å². The molecule has 2 fully saturated rings. The van der Waals surface area contributed by atoms with Gasteiger partial charge in [-0.15, -0.1) is 11.3 Å². The zero-order valence-electron chi connectivity index (χ0n) is 21.4. The first-order valence-corrected chi connectivity index (χ1v) is 14.2. The van der Waals surface area contributed by atoms with Gasteiger partial charge in [0.1, 0.15) is 10.5 Å². The van der Waals surface area contributed by atoms with Crippen LogP contribution in [0.15, 0.2) is 54.6 Å². The molecule has 3 aromatic rings. The molecule has 2 aromatic carbocycles. The summed E-state index contributed by atoms with van der Waals surface area (Å²) in [5, 5.41) is 6.76. The van der Waals surface area contributed by atoms with Crippen molar-refractivity contribution in [2.75, 3.05) is 16.8 Å². The van der Waals surface area contributed by atoms with Crippen LogP contribution in [0.25, 0.3) is 0 Å². The minimum atomic E-state index is -1.38. The lowest BCUT2D eigenvalue weighted by atomic mass is 9.76. The van der Waals surface area contributed by atoms with Crippen LogP contribution in [0.5, 0.6) is 0 Å². The topological polar surface area (TPSA) is 105 Å². The van der Waals surface area contributed by atoms with E-state index in [4.69, 9.17) is 4.74 Å². The number of amides is 3. The smallest absolute Gasteiger partial charge is 0.341 e. The van der Waals surface area contributed by atoms with Crippen molar-refractivity contribution in [1.82, 2.24) is 5.32 Å². The van der Waals surface area contributed by atoms with E-state index in [0.29, 0.717) is 34.7 Å². The van der Waals surface area contributed by atoms with Gasteiger partial charge in [0, 0.05) is 22.2 Å². The van der Waals surface area contributed by atoms with Crippen molar-refractivity contribution < 1.29 is 23.9 Å². The van der Waals surface area contributed by atoms with Gasteiger partial charge in [-0.05, 0) is 49.8 Å². The Bertz CT molecular complexity index is 1550. The van der Waals surface area contributed by atoms with Gasteiger partial charge in [0.25, 0.3) is 0 Å². The van der Waals surface area contributed by atoms with Gasteiger partial charge in [0.05, 0.1) is 24.0 Å². The van der Waals surface area contributed by atoms with Gasteiger partial charge in [-0.1, -0.05) is 48.5 Å². The number of imide groups is 1. The normalized spacial score (nSPS) is 26.6. The lowest BCUT2D eigenvalue weighted by Gasteiger charge is -2.29. The molecule has 4 atom stereocenters. The van der Waals surface area contributed by atoms with Crippen LogP contribution >= 0.6 is 11.3 Å². The Labute approximate surface area is 229 Å². The van der Waals surface area contributed by atoms with Crippen LogP contribution in [0.4, 0.5) is 10.7 Å². The first kappa shape index (κ1) is 24.2. The highest BCUT2D eigenvalue weighted by atomic mass is 32.1. The van der Waals surface area contributed by atoms with Crippen molar-refractivity contribution >= 4 is 45.7 Å². The summed E-state index contributed by atoms with van der Waals surface area (Å²) in [5.41, 5.74) is 2.13. The summed E-state index contributed by atoms with van der Waals surface area (Å²) in [5.74, 6) is -3.40. The maximum absolute atomic E-state index is 14.4. The van der Waals surface area contributed by atoms with Crippen LogP contribution in [0, 0.1) is 11.8 Å². The van der Waals surface area contributed by atoms with Crippen molar-refractivity contribution in [3.63, 3.8) is 0 Å². The van der Waals surface area contributed by atoms with E-state index in [1.165, 1.54) is 16.2 Å². The van der Waals surface area contributed by atoms with Gasteiger partial charge < -0.3 is 10.1 Å². The number of fused-ring (bicyclic) bond motifs is 5. The molecule has 9 heteroatoms. The Balaban J connectivity index is 1.38. The van der Waals surface area contributed by atoms with Crippen molar-refractivity contribution in [3.05, 3.63) is 81.7 Å². The van der Waals surface area contributed by atoms with E-state index in [9.17, 15) is 19.2 Å². The van der Waals surface area contributed by atoms with Crippen molar-refractivity contribution in [3.8, 4) is 0 Å². The second kappa shape index (κ2) is 8.86. The van der Waals surface area contributed by atoms with E-state index in [-0.39, 0.29) is 18.4 Å². The van der Waals surface area contributed by atoms with Gasteiger partial charge in [0.2, 0.25) is 17.7 Å². The largest absolute Gasteiger partial charge is 0.462 e.